The van der Waals surface area contributed by atoms with Gasteiger partial charge in [0.2, 0.25) is 0 Å². The van der Waals surface area contributed by atoms with Crippen LogP contribution in [-0.2, 0) is 15.7 Å². The van der Waals surface area contributed by atoms with Crippen molar-refractivity contribution in [3.05, 3.63) is 58.9 Å². The molecule has 1 atom stereocenters. The third kappa shape index (κ3) is 3.61. The molecule has 1 unspecified atom stereocenters. The van der Waals surface area contributed by atoms with Crippen LogP contribution in [-0.4, -0.2) is 31.3 Å². The van der Waals surface area contributed by atoms with Crippen LogP contribution in [0, 0.1) is 5.82 Å². The lowest BCUT2D eigenvalue weighted by Crippen LogP contribution is -2.41. The number of rotatable bonds is 4. The van der Waals surface area contributed by atoms with Crippen LogP contribution in [0.5, 0.6) is 5.75 Å². The lowest BCUT2D eigenvalue weighted by Gasteiger charge is -2.32. The van der Waals surface area contributed by atoms with Gasteiger partial charge in [0.05, 0.1) is 34.0 Å². The Balaban J connectivity index is 1.52. The molecule has 1 saturated heterocycles. The van der Waals surface area contributed by atoms with E-state index in [1.807, 2.05) is 45.9 Å². The number of hydrogen-bond donors (Lipinski definition) is 1. The quantitative estimate of drug-likeness (QED) is 0.778. The van der Waals surface area contributed by atoms with Gasteiger partial charge in [-0.05, 0) is 75.3 Å². The number of halogens is 1. The Labute approximate surface area is 181 Å². The lowest BCUT2D eigenvalue weighted by molar-refractivity contribution is 0.00578. The van der Waals surface area contributed by atoms with E-state index in [2.05, 4.69) is 5.32 Å². The molecule has 1 aliphatic heterocycles. The third-order valence-corrected chi connectivity index (χ3v) is 6.37. The molecular weight excluding hydrogens is 384 g/mol. The molecule has 5 nitrogen and oxygen atoms in total. The highest BCUT2D eigenvalue weighted by molar-refractivity contribution is 6.62. The summed E-state index contributed by atoms with van der Waals surface area (Å²) in [6.45, 7) is 8.01. The first kappa shape index (κ1) is 17.3. The van der Waals surface area contributed by atoms with Crippen molar-refractivity contribution in [2.24, 2.45) is 0 Å². The van der Waals surface area contributed by atoms with E-state index < -0.39 is 37.1 Å². The van der Waals surface area contributed by atoms with Gasteiger partial charge in [-0.1, -0.05) is 18.2 Å². The molecule has 2 aliphatic rings. The van der Waals surface area contributed by atoms with Crippen molar-refractivity contribution in [3.63, 3.8) is 0 Å². The molecule has 4 rings (SSSR count). The molecule has 0 radical (unpaired) electrons. The molecule has 1 N–H and O–H groups in total. The van der Waals surface area contributed by atoms with E-state index in [0.29, 0.717) is 6.42 Å². The zero-order valence-corrected chi connectivity index (χ0v) is 17.5. The molecular formula is C23H27BFNO4. The van der Waals surface area contributed by atoms with Crippen LogP contribution >= 0.6 is 0 Å². The maximum Gasteiger partial charge on any atom is 0.494 e. The highest BCUT2D eigenvalue weighted by Crippen LogP contribution is 2.37. The fourth-order valence-corrected chi connectivity index (χ4v) is 3.92. The number of ether oxygens (including phenoxy) is 1. The summed E-state index contributed by atoms with van der Waals surface area (Å²) in [6.07, 6.45) is 1.41. The maximum absolute atomic E-state index is 13.8. The van der Waals surface area contributed by atoms with E-state index in [1.54, 1.807) is 0 Å². The average molecular weight is 414 g/mol. The molecule has 1 amide bonds. The van der Waals surface area contributed by atoms with Crippen molar-refractivity contribution in [2.45, 2.75) is 57.8 Å². The van der Waals surface area contributed by atoms with E-state index in [9.17, 15) is 9.18 Å². The largest absolute Gasteiger partial charge is 0.496 e. The van der Waals surface area contributed by atoms with Gasteiger partial charge in [0.15, 0.2) is 0 Å². The second-order valence-corrected chi connectivity index (χ2v) is 8.85. The molecule has 1 fully saturated rings. The average Bonchev–Trinajstić information content (AvgIpc) is 3.18. The normalized spacial score (nSPS) is 23.3. The lowest BCUT2D eigenvalue weighted by atomic mass is 9.78. The van der Waals surface area contributed by atoms with Crippen LogP contribution in [0.2, 0.25) is 0 Å². The monoisotopic (exact) mass is 414 g/mol. The Hall–Kier alpha value is -2.38. The van der Waals surface area contributed by atoms with E-state index >= 15 is 0 Å². The zero-order valence-electron chi connectivity index (χ0n) is 20.5. The molecule has 0 aromatic heterocycles. The highest BCUT2D eigenvalue weighted by atomic mass is 19.1. The zero-order chi connectivity index (χ0) is 24.2. The molecule has 2 aromatic rings. The first-order valence-electron chi connectivity index (χ1n) is 11.5. The summed E-state index contributed by atoms with van der Waals surface area (Å²) in [4.78, 5) is 12.9. The maximum atomic E-state index is 13.8. The van der Waals surface area contributed by atoms with E-state index in [1.165, 1.54) is 0 Å². The van der Waals surface area contributed by atoms with Crippen molar-refractivity contribution >= 4 is 18.5 Å². The number of methoxy groups -OCH3 is 1. The summed E-state index contributed by atoms with van der Waals surface area (Å²) >= 11 is 0. The molecule has 30 heavy (non-hydrogen) atoms. The minimum absolute atomic E-state index is 0.159. The standard InChI is InChI=1S/C23H27BFNO4/c1-22(2)23(3,4)30-24(29-22)15-7-9-17-14(12-15)6-10-19(17)26-21(27)18-13-16(25)8-11-20(18)28-5/h7-9,11-13,19H,6,10H2,1-5H3,(H,26,27)/i5D3. The predicted molar refractivity (Wildman–Crippen MR) is 114 cm³/mol. The second-order valence-electron chi connectivity index (χ2n) is 8.85. The molecule has 0 saturated carbocycles. The SMILES string of the molecule is [2H]C([2H])([2H])Oc1ccc(F)cc1C(=O)NC1CCc2cc(B3OC(C)(C)C(C)(C)O3)ccc21. The van der Waals surface area contributed by atoms with Crippen LogP contribution in [0.15, 0.2) is 36.4 Å². The van der Waals surface area contributed by atoms with E-state index in [0.717, 1.165) is 41.2 Å². The number of carbonyl (C=O) groups is 1. The second kappa shape index (κ2) is 7.39. The first-order chi connectivity index (χ1) is 15.3. The van der Waals surface area contributed by atoms with Crippen LogP contribution in [0.4, 0.5) is 4.39 Å². The molecule has 1 heterocycles. The van der Waals surface area contributed by atoms with E-state index in [4.69, 9.17) is 18.2 Å². The Kier molecular flexibility index (Phi) is 4.27. The number of fused-ring (bicyclic) bond motifs is 1. The van der Waals surface area contributed by atoms with Crippen molar-refractivity contribution in [3.8, 4) is 5.75 Å². The summed E-state index contributed by atoms with van der Waals surface area (Å²) in [6, 6.07) is 8.80. The van der Waals surface area contributed by atoms with Gasteiger partial charge in [-0.3, -0.25) is 4.79 Å². The number of amides is 1. The van der Waals surface area contributed by atoms with Gasteiger partial charge in [0.1, 0.15) is 11.6 Å². The summed E-state index contributed by atoms with van der Waals surface area (Å²) in [5, 5.41) is 2.89. The molecule has 0 bridgehead atoms. The molecule has 2 aromatic carbocycles. The molecule has 158 valence electrons. The fraction of sp³-hybridized carbons (Fsp3) is 0.435. The summed E-state index contributed by atoms with van der Waals surface area (Å²) in [5.74, 6) is -1.44. The Morgan fingerprint density at radius 3 is 2.63 bits per heavy atom. The van der Waals surface area contributed by atoms with Crippen molar-refractivity contribution in [2.75, 3.05) is 7.04 Å². The van der Waals surface area contributed by atoms with Gasteiger partial charge in [0.25, 0.3) is 5.91 Å². The number of nitrogens with one attached hydrogen (secondary N) is 1. The van der Waals surface area contributed by atoms with Crippen molar-refractivity contribution in [1.29, 1.82) is 0 Å². The first-order valence-corrected chi connectivity index (χ1v) is 10.0. The Bertz CT molecular complexity index is 1070. The van der Waals surface area contributed by atoms with Crippen LogP contribution in [0.3, 0.4) is 0 Å². The summed E-state index contributed by atoms with van der Waals surface area (Å²) < 4.78 is 52.8. The predicted octanol–water partition coefficient (Wildman–Crippen LogP) is 3.55. The van der Waals surface area contributed by atoms with Gasteiger partial charge < -0.3 is 19.4 Å². The smallest absolute Gasteiger partial charge is 0.494 e. The summed E-state index contributed by atoms with van der Waals surface area (Å²) in [7, 11) is -3.22. The van der Waals surface area contributed by atoms with Gasteiger partial charge in [-0.15, -0.1) is 0 Å². The third-order valence-electron chi connectivity index (χ3n) is 6.37. The van der Waals surface area contributed by atoms with Crippen LogP contribution in [0.1, 0.15) is 65.8 Å². The Morgan fingerprint density at radius 1 is 1.20 bits per heavy atom. The van der Waals surface area contributed by atoms with Crippen LogP contribution < -0.4 is 15.5 Å². The minimum atomic E-state index is -2.75. The number of benzene rings is 2. The minimum Gasteiger partial charge on any atom is -0.496 e. The molecule has 7 heteroatoms. The van der Waals surface area contributed by atoms with Crippen molar-refractivity contribution in [1.82, 2.24) is 5.32 Å². The van der Waals surface area contributed by atoms with Gasteiger partial charge >= 0.3 is 7.12 Å². The number of aryl methyl sites for hydroxylation is 1. The molecule has 1 aliphatic carbocycles. The highest BCUT2D eigenvalue weighted by Gasteiger charge is 2.51. The Morgan fingerprint density at radius 2 is 1.93 bits per heavy atom. The van der Waals surface area contributed by atoms with Gasteiger partial charge in [-0.2, -0.15) is 0 Å². The molecule has 0 spiro atoms. The van der Waals surface area contributed by atoms with Gasteiger partial charge in [-0.25, -0.2) is 4.39 Å². The fourth-order valence-electron chi connectivity index (χ4n) is 3.92. The topological polar surface area (TPSA) is 56.8 Å². The van der Waals surface area contributed by atoms with Crippen molar-refractivity contribution < 1.29 is 27.3 Å². The van der Waals surface area contributed by atoms with E-state index in [-0.39, 0.29) is 17.4 Å². The summed E-state index contributed by atoms with van der Waals surface area (Å²) in [5.41, 5.74) is 1.91. The number of carbonyl (C=O) groups excluding carboxylic acids is 1. The number of hydrogen-bond acceptors (Lipinski definition) is 4. The van der Waals surface area contributed by atoms with Gasteiger partial charge in [0, 0.05) is 0 Å². The van der Waals surface area contributed by atoms with Crippen LogP contribution in [0.25, 0.3) is 0 Å².